The van der Waals surface area contributed by atoms with Crippen molar-refractivity contribution >= 4 is 11.9 Å². The van der Waals surface area contributed by atoms with Crippen molar-refractivity contribution in [2.24, 2.45) is 5.92 Å². The Labute approximate surface area is 137 Å². The van der Waals surface area contributed by atoms with Crippen molar-refractivity contribution in [2.45, 2.75) is 51.6 Å². The van der Waals surface area contributed by atoms with Gasteiger partial charge < -0.3 is 10.1 Å². The second kappa shape index (κ2) is 5.87. The maximum atomic E-state index is 13.0. The average molecular weight is 316 g/mol. The van der Waals surface area contributed by atoms with Crippen molar-refractivity contribution in [2.75, 3.05) is 7.11 Å². The molecule has 1 saturated carbocycles. The zero-order chi connectivity index (χ0) is 16.6. The molecule has 5 heteroatoms. The van der Waals surface area contributed by atoms with E-state index in [1.54, 1.807) is 7.11 Å². The Kier molecular flexibility index (Phi) is 4.04. The summed E-state index contributed by atoms with van der Waals surface area (Å²) in [5.41, 5.74) is 1.23. The fourth-order valence-electron chi connectivity index (χ4n) is 3.84. The number of methoxy groups -OCH3 is 1. The van der Waals surface area contributed by atoms with E-state index in [1.165, 1.54) is 4.90 Å². The highest BCUT2D eigenvalue weighted by Crippen LogP contribution is 2.39. The van der Waals surface area contributed by atoms with Crippen LogP contribution in [0, 0.1) is 12.8 Å². The van der Waals surface area contributed by atoms with Gasteiger partial charge in [-0.05, 0) is 31.7 Å². The third kappa shape index (κ3) is 2.58. The predicted molar refractivity (Wildman–Crippen MR) is 87.2 cm³/mol. The van der Waals surface area contributed by atoms with Crippen molar-refractivity contribution in [1.82, 2.24) is 10.2 Å². The van der Waals surface area contributed by atoms with E-state index < -0.39 is 5.54 Å². The number of hydrogen-bond acceptors (Lipinski definition) is 3. The first kappa shape index (κ1) is 15.8. The molecule has 1 heterocycles. The van der Waals surface area contributed by atoms with Gasteiger partial charge in [0.05, 0.1) is 13.7 Å². The Balaban J connectivity index is 1.88. The second-order valence-corrected chi connectivity index (χ2v) is 6.75. The molecule has 1 saturated heterocycles. The van der Waals surface area contributed by atoms with Crippen LogP contribution in [0.5, 0.6) is 5.75 Å². The summed E-state index contributed by atoms with van der Waals surface area (Å²) in [6.45, 7) is 4.30. The second-order valence-electron chi connectivity index (χ2n) is 6.75. The smallest absolute Gasteiger partial charge is 0.325 e. The van der Waals surface area contributed by atoms with Crippen LogP contribution in [0.3, 0.4) is 0 Å². The summed E-state index contributed by atoms with van der Waals surface area (Å²) in [7, 11) is 1.60. The van der Waals surface area contributed by atoms with E-state index in [2.05, 4.69) is 12.2 Å². The van der Waals surface area contributed by atoms with Gasteiger partial charge in [0.25, 0.3) is 5.91 Å². The highest BCUT2D eigenvalue weighted by Gasteiger charge is 2.54. The quantitative estimate of drug-likeness (QED) is 0.872. The molecule has 0 bridgehead atoms. The summed E-state index contributed by atoms with van der Waals surface area (Å²) in [6, 6.07) is 5.52. The Morgan fingerprint density at radius 3 is 2.83 bits per heavy atom. The van der Waals surface area contributed by atoms with Crippen LogP contribution in [-0.2, 0) is 11.3 Å². The van der Waals surface area contributed by atoms with Crippen molar-refractivity contribution in [3.8, 4) is 5.75 Å². The van der Waals surface area contributed by atoms with E-state index in [9.17, 15) is 9.59 Å². The summed E-state index contributed by atoms with van der Waals surface area (Å²) in [6.07, 6.45) is 3.82. The summed E-state index contributed by atoms with van der Waals surface area (Å²) in [5, 5.41) is 2.99. The van der Waals surface area contributed by atoms with Crippen LogP contribution in [0.2, 0.25) is 0 Å². The maximum absolute atomic E-state index is 13.0. The standard InChI is InChI=1S/C18H24N2O3/c1-12-7-8-15(23-3)14(10-12)11-20-16(21)18(19-17(20)22)9-5-4-6-13(18)2/h7-8,10,13H,4-6,9,11H2,1-3H3,(H,19,22)/t13-,18+/m1/s1. The number of ether oxygens (including phenoxy) is 1. The van der Waals surface area contributed by atoms with Gasteiger partial charge in [-0.15, -0.1) is 0 Å². The number of hydrogen-bond donors (Lipinski definition) is 1. The van der Waals surface area contributed by atoms with Gasteiger partial charge in [0.1, 0.15) is 11.3 Å². The Morgan fingerprint density at radius 2 is 2.13 bits per heavy atom. The maximum Gasteiger partial charge on any atom is 0.325 e. The molecule has 2 atom stereocenters. The summed E-state index contributed by atoms with van der Waals surface area (Å²) in [4.78, 5) is 26.8. The average Bonchev–Trinajstić information content (AvgIpc) is 2.76. The lowest BCUT2D eigenvalue weighted by molar-refractivity contribution is -0.134. The number of urea groups is 1. The third-order valence-electron chi connectivity index (χ3n) is 5.27. The lowest BCUT2D eigenvalue weighted by Crippen LogP contribution is -2.53. The molecule has 0 unspecified atom stereocenters. The molecule has 3 amide bonds. The predicted octanol–water partition coefficient (Wildman–Crippen LogP) is 3.00. The van der Waals surface area contributed by atoms with Crippen LogP contribution in [0.15, 0.2) is 18.2 Å². The lowest BCUT2D eigenvalue weighted by Gasteiger charge is -2.36. The molecular formula is C18H24N2O3. The SMILES string of the molecule is COc1ccc(C)cc1CN1C(=O)N[C@]2(CCCC[C@H]2C)C1=O. The first-order valence-corrected chi connectivity index (χ1v) is 8.25. The molecule has 23 heavy (non-hydrogen) atoms. The van der Waals surface area contributed by atoms with Crippen LogP contribution in [0.25, 0.3) is 0 Å². The molecule has 1 spiro atoms. The van der Waals surface area contributed by atoms with Crippen molar-refractivity contribution in [1.29, 1.82) is 0 Å². The van der Waals surface area contributed by atoms with E-state index in [0.717, 1.165) is 36.8 Å². The fourth-order valence-corrected chi connectivity index (χ4v) is 3.84. The number of nitrogens with zero attached hydrogens (tertiary/aromatic N) is 1. The zero-order valence-electron chi connectivity index (χ0n) is 14.0. The van der Waals surface area contributed by atoms with Crippen LogP contribution in [0.4, 0.5) is 4.79 Å². The first-order valence-electron chi connectivity index (χ1n) is 8.25. The molecule has 1 N–H and O–H groups in total. The van der Waals surface area contributed by atoms with Crippen LogP contribution in [0.1, 0.15) is 43.7 Å². The van der Waals surface area contributed by atoms with E-state index >= 15 is 0 Å². The molecule has 0 radical (unpaired) electrons. The van der Waals surface area contributed by atoms with Crippen molar-refractivity contribution in [3.63, 3.8) is 0 Å². The highest BCUT2D eigenvalue weighted by atomic mass is 16.5. The van der Waals surface area contributed by atoms with Gasteiger partial charge in [-0.2, -0.15) is 0 Å². The van der Waals surface area contributed by atoms with Crippen molar-refractivity contribution in [3.05, 3.63) is 29.3 Å². The number of aryl methyl sites for hydroxylation is 1. The number of amides is 3. The molecule has 1 aliphatic heterocycles. The summed E-state index contributed by atoms with van der Waals surface area (Å²) >= 11 is 0. The molecule has 1 aromatic rings. The molecule has 2 fully saturated rings. The van der Waals surface area contributed by atoms with Gasteiger partial charge in [0.2, 0.25) is 0 Å². The van der Waals surface area contributed by atoms with Gasteiger partial charge in [-0.25, -0.2) is 4.79 Å². The van der Waals surface area contributed by atoms with E-state index in [0.29, 0.717) is 5.75 Å². The number of nitrogens with one attached hydrogen (secondary N) is 1. The normalized spacial score (nSPS) is 27.4. The third-order valence-corrected chi connectivity index (χ3v) is 5.27. The number of carbonyl (C=O) groups excluding carboxylic acids is 2. The van der Waals surface area contributed by atoms with Crippen molar-refractivity contribution < 1.29 is 14.3 Å². The van der Waals surface area contributed by atoms with Crippen LogP contribution < -0.4 is 10.1 Å². The zero-order valence-corrected chi connectivity index (χ0v) is 14.0. The van der Waals surface area contributed by atoms with Crippen LogP contribution in [-0.4, -0.2) is 29.5 Å². The Hall–Kier alpha value is -2.04. The molecule has 124 valence electrons. The molecule has 1 aliphatic carbocycles. The molecule has 1 aromatic carbocycles. The summed E-state index contributed by atoms with van der Waals surface area (Å²) < 4.78 is 5.37. The molecule has 5 nitrogen and oxygen atoms in total. The number of carbonyl (C=O) groups is 2. The molecule has 2 aliphatic rings. The van der Waals surface area contributed by atoms with Gasteiger partial charge in [0.15, 0.2) is 0 Å². The summed E-state index contributed by atoms with van der Waals surface area (Å²) in [5.74, 6) is 0.796. The first-order chi connectivity index (χ1) is 11.0. The largest absolute Gasteiger partial charge is 0.496 e. The minimum atomic E-state index is -0.702. The van der Waals surface area contributed by atoms with Gasteiger partial charge >= 0.3 is 6.03 Å². The van der Waals surface area contributed by atoms with Gasteiger partial charge in [-0.3, -0.25) is 9.69 Å². The molecule has 3 rings (SSSR count). The van der Waals surface area contributed by atoms with E-state index in [4.69, 9.17) is 4.74 Å². The van der Waals surface area contributed by atoms with Gasteiger partial charge in [-0.1, -0.05) is 37.5 Å². The number of rotatable bonds is 3. The van der Waals surface area contributed by atoms with Crippen LogP contribution >= 0.6 is 0 Å². The monoisotopic (exact) mass is 316 g/mol. The highest BCUT2D eigenvalue weighted by molar-refractivity contribution is 6.07. The Morgan fingerprint density at radius 1 is 1.35 bits per heavy atom. The number of benzene rings is 1. The Bertz CT molecular complexity index is 643. The fraction of sp³-hybridized carbons (Fsp3) is 0.556. The number of imide groups is 1. The van der Waals surface area contributed by atoms with Gasteiger partial charge in [0, 0.05) is 5.56 Å². The topological polar surface area (TPSA) is 58.6 Å². The lowest BCUT2D eigenvalue weighted by atomic mass is 9.73. The minimum Gasteiger partial charge on any atom is -0.496 e. The molecular weight excluding hydrogens is 292 g/mol. The molecule has 0 aromatic heterocycles. The minimum absolute atomic E-state index is 0.0849. The van der Waals surface area contributed by atoms with E-state index in [1.807, 2.05) is 25.1 Å². The van der Waals surface area contributed by atoms with E-state index in [-0.39, 0.29) is 24.4 Å².